The Morgan fingerprint density at radius 2 is 2.41 bits per heavy atom. The third kappa shape index (κ3) is 3.66. The van der Waals surface area contributed by atoms with Crippen molar-refractivity contribution in [1.29, 1.82) is 0 Å². The lowest BCUT2D eigenvalue weighted by atomic mass is 10.1. The molecule has 1 amide bonds. The fourth-order valence-electron chi connectivity index (χ4n) is 2.69. The molecule has 5 nitrogen and oxygen atoms in total. The van der Waals surface area contributed by atoms with Crippen LogP contribution in [0.4, 0.5) is 0 Å². The van der Waals surface area contributed by atoms with Crippen LogP contribution in [0.5, 0.6) is 0 Å². The lowest BCUT2D eigenvalue weighted by molar-refractivity contribution is -0.123. The van der Waals surface area contributed by atoms with E-state index in [1.54, 1.807) is 0 Å². The molecule has 0 aromatic carbocycles. The van der Waals surface area contributed by atoms with Gasteiger partial charge >= 0.3 is 0 Å². The molecule has 2 unspecified atom stereocenters. The van der Waals surface area contributed by atoms with E-state index in [1.807, 2.05) is 0 Å². The first kappa shape index (κ1) is 12.8. The molecule has 2 aliphatic rings. The summed E-state index contributed by atoms with van der Waals surface area (Å²) in [5.41, 5.74) is 5.41. The summed E-state index contributed by atoms with van der Waals surface area (Å²) < 4.78 is 5.59. The van der Waals surface area contributed by atoms with E-state index in [-0.39, 0.29) is 11.9 Å². The minimum absolute atomic E-state index is 0.131. The number of carbonyl (C=O) groups is 1. The number of amides is 1. The van der Waals surface area contributed by atoms with Crippen molar-refractivity contribution < 1.29 is 9.53 Å². The van der Waals surface area contributed by atoms with Crippen molar-refractivity contribution in [2.45, 2.75) is 37.8 Å². The molecular formula is C12H23N3O2. The second kappa shape index (κ2) is 6.33. The summed E-state index contributed by atoms with van der Waals surface area (Å²) in [4.78, 5) is 13.5. The summed E-state index contributed by atoms with van der Waals surface area (Å²) in [6.07, 6.45) is 5.04. The third-order valence-electron chi connectivity index (χ3n) is 3.68. The van der Waals surface area contributed by atoms with Gasteiger partial charge in [-0.25, -0.2) is 0 Å². The molecule has 2 atom stereocenters. The van der Waals surface area contributed by atoms with Crippen molar-refractivity contribution in [3.05, 3.63) is 0 Å². The molecule has 3 N–H and O–H groups in total. The van der Waals surface area contributed by atoms with Crippen molar-refractivity contribution in [3.63, 3.8) is 0 Å². The van der Waals surface area contributed by atoms with E-state index < -0.39 is 0 Å². The Bertz CT molecular complexity index is 254. The first-order chi connectivity index (χ1) is 8.27. The summed E-state index contributed by atoms with van der Waals surface area (Å²) in [5.74, 6) is -0.214. The fraction of sp³-hybridized carbons (Fsp3) is 0.917. The van der Waals surface area contributed by atoms with Gasteiger partial charge in [-0.2, -0.15) is 0 Å². The van der Waals surface area contributed by atoms with E-state index in [1.165, 1.54) is 12.8 Å². The van der Waals surface area contributed by atoms with Crippen molar-refractivity contribution in [2.75, 3.05) is 32.8 Å². The standard InChI is InChI=1S/C12H23N3O2/c13-12(16)11-9-14-5-7-15(11)6-1-3-10-4-2-8-17-10/h10-11,14H,1-9H2,(H2,13,16). The highest BCUT2D eigenvalue weighted by molar-refractivity contribution is 5.80. The average Bonchev–Trinajstić information content (AvgIpc) is 2.82. The molecule has 2 heterocycles. The van der Waals surface area contributed by atoms with Crippen LogP contribution in [0.1, 0.15) is 25.7 Å². The Morgan fingerprint density at radius 1 is 1.53 bits per heavy atom. The van der Waals surface area contributed by atoms with Crippen LogP contribution < -0.4 is 11.1 Å². The molecule has 0 radical (unpaired) electrons. The van der Waals surface area contributed by atoms with Gasteiger partial charge in [-0.05, 0) is 32.2 Å². The highest BCUT2D eigenvalue weighted by atomic mass is 16.5. The van der Waals surface area contributed by atoms with Crippen molar-refractivity contribution in [3.8, 4) is 0 Å². The predicted molar refractivity (Wildman–Crippen MR) is 65.6 cm³/mol. The lowest BCUT2D eigenvalue weighted by Gasteiger charge is -2.34. The molecule has 0 aliphatic carbocycles. The van der Waals surface area contributed by atoms with E-state index in [4.69, 9.17) is 10.5 Å². The van der Waals surface area contributed by atoms with Crippen LogP contribution in [0.3, 0.4) is 0 Å². The van der Waals surface area contributed by atoms with E-state index in [0.29, 0.717) is 12.6 Å². The number of hydrogen-bond acceptors (Lipinski definition) is 4. The molecule has 17 heavy (non-hydrogen) atoms. The van der Waals surface area contributed by atoms with Crippen LogP contribution in [0, 0.1) is 0 Å². The maximum atomic E-state index is 11.3. The number of carbonyl (C=O) groups excluding carboxylic acids is 1. The van der Waals surface area contributed by atoms with E-state index in [0.717, 1.165) is 39.1 Å². The quantitative estimate of drug-likeness (QED) is 0.694. The normalized spacial score (nSPS) is 30.6. The summed E-state index contributed by atoms with van der Waals surface area (Å²) in [6.45, 7) is 4.43. The van der Waals surface area contributed by atoms with Crippen molar-refractivity contribution in [2.24, 2.45) is 5.73 Å². The minimum atomic E-state index is -0.214. The SMILES string of the molecule is NC(=O)C1CNCCN1CCCC1CCCO1. The number of nitrogens with one attached hydrogen (secondary N) is 1. The van der Waals surface area contributed by atoms with Crippen LogP contribution in [-0.2, 0) is 9.53 Å². The molecule has 5 heteroatoms. The zero-order chi connectivity index (χ0) is 12.1. The molecule has 0 bridgehead atoms. The van der Waals surface area contributed by atoms with Crippen LogP contribution in [-0.4, -0.2) is 55.7 Å². The monoisotopic (exact) mass is 241 g/mol. The molecule has 98 valence electrons. The summed E-state index contributed by atoms with van der Waals surface area (Å²) in [7, 11) is 0. The Morgan fingerprint density at radius 3 is 3.12 bits per heavy atom. The van der Waals surface area contributed by atoms with Crippen molar-refractivity contribution >= 4 is 5.91 Å². The van der Waals surface area contributed by atoms with E-state index >= 15 is 0 Å². The van der Waals surface area contributed by atoms with Crippen LogP contribution in [0.2, 0.25) is 0 Å². The molecule has 2 fully saturated rings. The van der Waals surface area contributed by atoms with Crippen LogP contribution in [0.15, 0.2) is 0 Å². The number of piperazine rings is 1. The van der Waals surface area contributed by atoms with E-state index in [2.05, 4.69) is 10.2 Å². The maximum absolute atomic E-state index is 11.3. The largest absolute Gasteiger partial charge is 0.378 e. The van der Waals surface area contributed by atoms with Gasteiger partial charge in [-0.1, -0.05) is 0 Å². The predicted octanol–water partition coefficient (Wildman–Crippen LogP) is -0.295. The average molecular weight is 241 g/mol. The van der Waals surface area contributed by atoms with Gasteiger partial charge in [0.25, 0.3) is 0 Å². The number of primary amides is 1. The Balaban J connectivity index is 1.70. The Labute approximate surface area is 103 Å². The van der Waals surface area contributed by atoms with Gasteiger partial charge in [-0.15, -0.1) is 0 Å². The van der Waals surface area contributed by atoms with Gasteiger partial charge in [0.15, 0.2) is 0 Å². The van der Waals surface area contributed by atoms with Gasteiger partial charge in [0.1, 0.15) is 6.04 Å². The molecule has 2 aliphatic heterocycles. The van der Waals surface area contributed by atoms with E-state index in [9.17, 15) is 4.79 Å². The summed E-state index contributed by atoms with van der Waals surface area (Å²) in [5, 5.41) is 3.21. The second-order valence-electron chi connectivity index (χ2n) is 4.94. The number of hydrogen-bond donors (Lipinski definition) is 2. The highest BCUT2D eigenvalue weighted by Crippen LogP contribution is 2.17. The fourth-order valence-corrected chi connectivity index (χ4v) is 2.69. The molecule has 2 rings (SSSR count). The molecule has 0 saturated carbocycles. The van der Waals surface area contributed by atoms with Gasteiger partial charge in [0.2, 0.25) is 5.91 Å². The van der Waals surface area contributed by atoms with Gasteiger partial charge in [-0.3, -0.25) is 9.69 Å². The van der Waals surface area contributed by atoms with Crippen LogP contribution in [0.25, 0.3) is 0 Å². The molecule has 0 aromatic heterocycles. The Kier molecular flexibility index (Phi) is 4.76. The minimum Gasteiger partial charge on any atom is -0.378 e. The number of nitrogens with zero attached hydrogens (tertiary/aromatic N) is 1. The maximum Gasteiger partial charge on any atom is 0.236 e. The number of rotatable bonds is 5. The zero-order valence-electron chi connectivity index (χ0n) is 10.4. The highest BCUT2D eigenvalue weighted by Gasteiger charge is 2.26. The second-order valence-corrected chi connectivity index (χ2v) is 4.94. The Hall–Kier alpha value is -0.650. The molecule has 0 spiro atoms. The zero-order valence-corrected chi connectivity index (χ0v) is 10.4. The topological polar surface area (TPSA) is 67.6 Å². The molecule has 0 aromatic rings. The lowest BCUT2D eigenvalue weighted by Crippen LogP contribution is -2.57. The smallest absolute Gasteiger partial charge is 0.236 e. The molecular weight excluding hydrogens is 218 g/mol. The van der Waals surface area contributed by atoms with Gasteiger partial charge in [0.05, 0.1) is 6.10 Å². The number of ether oxygens (including phenoxy) is 1. The first-order valence-corrected chi connectivity index (χ1v) is 6.63. The first-order valence-electron chi connectivity index (χ1n) is 6.63. The van der Waals surface area contributed by atoms with Crippen LogP contribution >= 0.6 is 0 Å². The summed E-state index contributed by atoms with van der Waals surface area (Å²) in [6, 6.07) is -0.131. The van der Waals surface area contributed by atoms with Crippen molar-refractivity contribution in [1.82, 2.24) is 10.2 Å². The third-order valence-corrected chi connectivity index (χ3v) is 3.68. The van der Waals surface area contributed by atoms with Gasteiger partial charge in [0, 0.05) is 26.2 Å². The number of nitrogens with two attached hydrogens (primary N) is 1. The molecule has 2 saturated heterocycles. The summed E-state index contributed by atoms with van der Waals surface area (Å²) >= 11 is 0. The van der Waals surface area contributed by atoms with Gasteiger partial charge < -0.3 is 15.8 Å².